The molecule has 3 rings (SSSR count). The highest BCUT2D eigenvalue weighted by atomic mass is 32.2. The maximum absolute atomic E-state index is 12.0. The van der Waals surface area contributed by atoms with E-state index < -0.39 is 10.0 Å². The van der Waals surface area contributed by atoms with Gasteiger partial charge in [0.25, 0.3) is 0 Å². The Morgan fingerprint density at radius 3 is 2.48 bits per heavy atom. The van der Waals surface area contributed by atoms with Crippen LogP contribution < -0.4 is 9.62 Å². The Bertz CT molecular complexity index is 799. The van der Waals surface area contributed by atoms with Crippen molar-refractivity contribution in [3.05, 3.63) is 54.2 Å². The minimum Gasteiger partial charge on any atom is -0.357 e. The summed E-state index contributed by atoms with van der Waals surface area (Å²) in [5.74, 6) is 1.79. The second-order valence-electron chi connectivity index (χ2n) is 7.30. The maximum atomic E-state index is 12.0. The fourth-order valence-electron chi connectivity index (χ4n) is 3.51. The van der Waals surface area contributed by atoms with Crippen LogP contribution in [0.15, 0.2) is 48.7 Å². The van der Waals surface area contributed by atoms with Gasteiger partial charge in [0.1, 0.15) is 5.82 Å². The molecule has 1 aromatic carbocycles. The van der Waals surface area contributed by atoms with Crippen LogP contribution in [0.4, 0.5) is 11.5 Å². The highest BCUT2D eigenvalue weighted by Crippen LogP contribution is 2.25. The van der Waals surface area contributed by atoms with Crippen molar-refractivity contribution in [2.75, 3.05) is 28.5 Å². The molecule has 1 aliphatic rings. The first kappa shape index (κ1) is 19.7. The van der Waals surface area contributed by atoms with Crippen LogP contribution >= 0.6 is 0 Å². The summed E-state index contributed by atoms with van der Waals surface area (Å²) in [6, 6.07) is 14.4. The Balaban J connectivity index is 1.51. The molecule has 0 amide bonds. The first-order chi connectivity index (χ1) is 13.1. The normalized spacial score (nSPS) is 15.7. The molecule has 2 aromatic rings. The third-order valence-corrected chi connectivity index (χ3v) is 6.47. The van der Waals surface area contributed by atoms with E-state index in [1.807, 2.05) is 19.1 Å². The van der Waals surface area contributed by atoms with E-state index in [2.05, 4.69) is 44.9 Å². The predicted molar refractivity (Wildman–Crippen MR) is 112 cm³/mol. The van der Waals surface area contributed by atoms with Gasteiger partial charge in [0.05, 0.1) is 17.6 Å². The summed E-state index contributed by atoms with van der Waals surface area (Å²) in [5, 5.41) is 0. The van der Waals surface area contributed by atoms with E-state index in [9.17, 15) is 8.42 Å². The number of aromatic nitrogens is 1. The summed E-state index contributed by atoms with van der Waals surface area (Å²) in [6.07, 6.45) is 6.59. The van der Waals surface area contributed by atoms with E-state index in [0.29, 0.717) is 18.0 Å². The lowest BCUT2D eigenvalue weighted by Gasteiger charge is -2.33. The van der Waals surface area contributed by atoms with Crippen LogP contribution in [-0.2, 0) is 16.4 Å². The second-order valence-corrected chi connectivity index (χ2v) is 9.14. The molecule has 0 saturated carbocycles. The average Bonchev–Trinajstić information content (AvgIpc) is 2.68. The maximum Gasteiger partial charge on any atom is 0.232 e. The van der Waals surface area contributed by atoms with Crippen molar-refractivity contribution in [2.45, 2.75) is 39.0 Å². The zero-order valence-corrected chi connectivity index (χ0v) is 16.8. The van der Waals surface area contributed by atoms with E-state index in [1.54, 1.807) is 6.20 Å². The fraction of sp³-hybridized carbons (Fsp3) is 0.476. The van der Waals surface area contributed by atoms with Crippen LogP contribution in [0.2, 0.25) is 0 Å². The molecule has 0 unspecified atom stereocenters. The smallest absolute Gasteiger partial charge is 0.232 e. The molecule has 1 fully saturated rings. The molecule has 0 atom stereocenters. The Labute approximate surface area is 162 Å². The number of piperidine rings is 1. The molecule has 0 radical (unpaired) electrons. The number of pyridine rings is 1. The molecule has 1 saturated heterocycles. The molecule has 146 valence electrons. The van der Waals surface area contributed by atoms with Gasteiger partial charge in [-0.2, -0.15) is 0 Å². The van der Waals surface area contributed by atoms with Crippen LogP contribution in [0.1, 0.15) is 38.2 Å². The molecular formula is C21H29N3O2S. The van der Waals surface area contributed by atoms with Crippen molar-refractivity contribution >= 4 is 21.5 Å². The highest BCUT2D eigenvalue weighted by molar-refractivity contribution is 7.92. The number of hydrogen-bond acceptors (Lipinski definition) is 4. The number of hydrogen-bond donors (Lipinski definition) is 1. The van der Waals surface area contributed by atoms with Crippen LogP contribution in [0, 0.1) is 5.92 Å². The van der Waals surface area contributed by atoms with Crippen LogP contribution in [0.3, 0.4) is 0 Å². The first-order valence-corrected chi connectivity index (χ1v) is 11.5. The summed E-state index contributed by atoms with van der Waals surface area (Å²) in [7, 11) is -3.28. The van der Waals surface area contributed by atoms with Crippen LogP contribution in [0.5, 0.6) is 0 Å². The van der Waals surface area contributed by atoms with Gasteiger partial charge in [0, 0.05) is 13.1 Å². The summed E-state index contributed by atoms with van der Waals surface area (Å²) < 4.78 is 26.6. The lowest BCUT2D eigenvalue weighted by atomic mass is 9.90. The fourth-order valence-corrected chi connectivity index (χ4v) is 4.76. The van der Waals surface area contributed by atoms with Gasteiger partial charge in [-0.25, -0.2) is 13.4 Å². The lowest BCUT2D eigenvalue weighted by Crippen LogP contribution is -2.34. The van der Waals surface area contributed by atoms with Gasteiger partial charge in [-0.15, -0.1) is 0 Å². The SMILES string of the molecule is CCCCS(=O)(=O)Nc1ccc(N2CCC(Cc3ccccc3)CC2)nc1. The van der Waals surface area contributed by atoms with Crippen molar-refractivity contribution < 1.29 is 8.42 Å². The third-order valence-electron chi connectivity index (χ3n) is 5.09. The molecule has 1 N–H and O–H groups in total. The van der Waals surface area contributed by atoms with Crippen molar-refractivity contribution in [3.8, 4) is 0 Å². The van der Waals surface area contributed by atoms with Crippen molar-refractivity contribution in [1.29, 1.82) is 0 Å². The van der Waals surface area contributed by atoms with Gasteiger partial charge < -0.3 is 4.90 Å². The zero-order valence-electron chi connectivity index (χ0n) is 16.0. The first-order valence-electron chi connectivity index (χ1n) is 9.81. The van der Waals surface area contributed by atoms with Crippen molar-refractivity contribution in [2.24, 2.45) is 5.92 Å². The molecule has 0 aliphatic carbocycles. The Morgan fingerprint density at radius 1 is 1.11 bits per heavy atom. The number of rotatable bonds is 8. The quantitative estimate of drug-likeness (QED) is 0.741. The Hall–Kier alpha value is -2.08. The van der Waals surface area contributed by atoms with Gasteiger partial charge in [-0.05, 0) is 49.3 Å². The summed E-state index contributed by atoms with van der Waals surface area (Å²) in [6.45, 7) is 3.97. The molecule has 2 heterocycles. The van der Waals surface area contributed by atoms with Gasteiger partial charge in [0.2, 0.25) is 10.0 Å². The molecule has 0 spiro atoms. The third kappa shape index (κ3) is 5.96. The topological polar surface area (TPSA) is 62.3 Å². The average molecular weight is 388 g/mol. The number of sulfonamides is 1. The van der Waals surface area contributed by atoms with E-state index in [4.69, 9.17) is 0 Å². The Morgan fingerprint density at radius 2 is 1.85 bits per heavy atom. The zero-order chi connectivity index (χ0) is 19.1. The Kier molecular flexibility index (Phi) is 6.72. The van der Waals surface area contributed by atoms with Crippen molar-refractivity contribution in [3.63, 3.8) is 0 Å². The molecule has 1 aromatic heterocycles. The number of nitrogens with zero attached hydrogens (tertiary/aromatic N) is 2. The van der Waals surface area contributed by atoms with Gasteiger partial charge in [-0.3, -0.25) is 4.72 Å². The molecule has 6 heteroatoms. The lowest BCUT2D eigenvalue weighted by molar-refractivity contribution is 0.402. The highest BCUT2D eigenvalue weighted by Gasteiger charge is 2.20. The largest absolute Gasteiger partial charge is 0.357 e. The van der Waals surface area contributed by atoms with Gasteiger partial charge >= 0.3 is 0 Å². The molecular weight excluding hydrogens is 358 g/mol. The standard InChI is InChI=1S/C21H29N3O2S/c1-2-3-15-27(25,26)23-20-9-10-21(22-17-20)24-13-11-19(12-14-24)16-18-7-5-4-6-8-18/h4-10,17,19,23H,2-3,11-16H2,1H3. The number of benzene rings is 1. The molecule has 5 nitrogen and oxygen atoms in total. The van der Waals surface area contributed by atoms with Gasteiger partial charge in [-0.1, -0.05) is 43.7 Å². The van der Waals surface area contributed by atoms with E-state index in [1.165, 1.54) is 5.56 Å². The number of anilines is 2. The van der Waals surface area contributed by atoms with Crippen LogP contribution in [-0.4, -0.2) is 32.2 Å². The minimum absolute atomic E-state index is 0.153. The van der Waals surface area contributed by atoms with Crippen LogP contribution in [0.25, 0.3) is 0 Å². The van der Waals surface area contributed by atoms with E-state index in [-0.39, 0.29) is 5.75 Å². The second kappa shape index (κ2) is 9.22. The summed E-state index contributed by atoms with van der Waals surface area (Å²) in [4.78, 5) is 6.76. The summed E-state index contributed by atoms with van der Waals surface area (Å²) >= 11 is 0. The van der Waals surface area contributed by atoms with Gasteiger partial charge in [0.15, 0.2) is 0 Å². The summed E-state index contributed by atoms with van der Waals surface area (Å²) in [5.41, 5.74) is 1.95. The minimum atomic E-state index is -3.28. The number of unbranched alkanes of at least 4 members (excludes halogenated alkanes) is 1. The monoisotopic (exact) mass is 387 g/mol. The molecule has 0 bridgehead atoms. The number of nitrogens with one attached hydrogen (secondary N) is 1. The van der Waals surface area contributed by atoms with Crippen molar-refractivity contribution in [1.82, 2.24) is 4.98 Å². The van der Waals surface area contributed by atoms with E-state index >= 15 is 0 Å². The predicted octanol–water partition coefficient (Wildman–Crippen LogP) is 4.08. The van der Waals surface area contributed by atoms with E-state index in [0.717, 1.165) is 44.6 Å². The molecule has 27 heavy (non-hydrogen) atoms. The molecule has 1 aliphatic heterocycles.